The molecule has 142 valence electrons. The van der Waals surface area contributed by atoms with E-state index in [0.29, 0.717) is 11.4 Å². The van der Waals surface area contributed by atoms with E-state index < -0.39 is 5.72 Å². The van der Waals surface area contributed by atoms with Gasteiger partial charge in [0.05, 0.1) is 23.0 Å². The highest BCUT2D eigenvalue weighted by Crippen LogP contribution is 2.22. The Morgan fingerprint density at radius 1 is 1.19 bits per heavy atom. The van der Waals surface area contributed by atoms with Gasteiger partial charge in [0.1, 0.15) is 11.5 Å². The number of benzene rings is 1. The Labute approximate surface area is 162 Å². The normalized spacial score (nSPS) is 18.6. The van der Waals surface area contributed by atoms with E-state index in [2.05, 4.69) is 22.1 Å². The highest BCUT2D eigenvalue weighted by atomic mass is 32.1. The molecule has 0 atom stereocenters. The molecule has 0 saturated carbocycles. The quantitative estimate of drug-likeness (QED) is 0.646. The minimum atomic E-state index is -1.17. The predicted octanol–water partition coefficient (Wildman–Crippen LogP) is 3.58. The lowest BCUT2D eigenvalue weighted by atomic mass is 10.0. The standard InChI is InChI=1S/C20H24N4O2S/c1-6-13-7-9-15(16(11-13)21-20(2,3)25)22-23-19-24(4)17-10-8-14(26-5)12-18(17)27-19/h7-12,25H,6H2,1-5H3. The number of hydrogen-bond donors (Lipinski definition) is 1. The van der Waals surface area contributed by atoms with E-state index in [1.54, 1.807) is 32.3 Å². The minimum Gasteiger partial charge on any atom is -0.497 e. The maximum absolute atomic E-state index is 10.1. The van der Waals surface area contributed by atoms with Crippen molar-refractivity contribution in [1.29, 1.82) is 0 Å². The van der Waals surface area contributed by atoms with Gasteiger partial charge in [-0.1, -0.05) is 24.3 Å². The number of aryl methyl sites for hydroxylation is 1. The van der Waals surface area contributed by atoms with Crippen molar-refractivity contribution >= 4 is 33.0 Å². The van der Waals surface area contributed by atoms with Crippen LogP contribution in [0, 0.1) is 0 Å². The number of methoxy groups -OCH3 is 1. The number of hydrogen-bond acceptors (Lipinski definition) is 6. The average Bonchev–Trinajstić information content (AvgIpc) is 2.94. The lowest BCUT2D eigenvalue weighted by molar-refractivity contribution is 0.0912. The molecular weight excluding hydrogens is 360 g/mol. The zero-order valence-electron chi connectivity index (χ0n) is 16.2. The summed E-state index contributed by atoms with van der Waals surface area (Å²) in [6.45, 7) is 5.37. The highest BCUT2D eigenvalue weighted by molar-refractivity contribution is 7.16. The van der Waals surface area contributed by atoms with Gasteiger partial charge >= 0.3 is 0 Å². The van der Waals surface area contributed by atoms with Gasteiger partial charge in [-0.3, -0.25) is 0 Å². The molecule has 7 heteroatoms. The molecule has 1 aromatic carbocycles. The molecule has 0 amide bonds. The predicted molar refractivity (Wildman–Crippen MR) is 112 cm³/mol. The van der Waals surface area contributed by atoms with Crippen LogP contribution in [0.5, 0.6) is 5.75 Å². The molecule has 1 aliphatic rings. The van der Waals surface area contributed by atoms with E-state index in [-0.39, 0.29) is 0 Å². The van der Waals surface area contributed by atoms with Gasteiger partial charge in [0.2, 0.25) is 4.80 Å². The van der Waals surface area contributed by atoms with Crippen molar-refractivity contribution in [3.05, 3.63) is 46.8 Å². The molecule has 1 aromatic heterocycles. The summed E-state index contributed by atoms with van der Waals surface area (Å²) in [6.07, 6.45) is 6.73. The number of aromatic nitrogens is 1. The molecule has 6 nitrogen and oxygen atoms in total. The summed E-state index contributed by atoms with van der Waals surface area (Å²) in [5.74, 6) is 0.814. The number of allylic oxidation sites excluding steroid dienone is 4. The average molecular weight is 385 g/mol. The lowest BCUT2D eigenvalue weighted by Crippen LogP contribution is -2.23. The van der Waals surface area contributed by atoms with Gasteiger partial charge in [-0.15, -0.1) is 10.2 Å². The zero-order valence-corrected chi connectivity index (χ0v) is 17.0. The van der Waals surface area contributed by atoms with E-state index in [4.69, 9.17) is 4.74 Å². The first-order valence-corrected chi connectivity index (χ1v) is 9.59. The molecule has 0 radical (unpaired) electrons. The molecular formula is C20H24N4O2S. The molecule has 0 unspecified atom stereocenters. The van der Waals surface area contributed by atoms with Crippen molar-refractivity contribution in [1.82, 2.24) is 4.57 Å². The first-order chi connectivity index (χ1) is 12.8. The van der Waals surface area contributed by atoms with Gasteiger partial charge < -0.3 is 14.4 Å². The topological polar surface area (TPSA) is 71.5 Å². The molecule has 0 bridgehead atoms. The Kier molecular flexibility index (Phi) is 5.43. The number of thiazole rings is 1. The van der Waals surface area contributed by atoms with Gasteiger partial charge in [0, 0.05) is 7.05 Å². The number of fused-ring (bicyclic) bond motifs is 1. The monoisotopic (exact) mass is 384 g/mol. The van der Waals surface area contributed by atoms with Gasteiger partial charge in [-0.2, -0.15) is 0 Å². The fourth-order valence-corrected chi connectivity index (χ4v) is 3.69. The molecule has 1 aliphatic carbocycles. The Hall–Kier alpha value is -2.51. The lowest BCUT2D eigenvalue weighted by Gasteiger charge is -2.15. The Morgan fingerprint density at radius 2 is 1.96 bits per heavy atom. The van der Waals surface area contributed by atoms with Crippen LogP contribution in [-0.4, -0.2) is 33.9 Å². The van der Waals surface area contributed by atoms with E-state index in [1.165, 1.54) is 0 Å². The van der Waals surface area contributed by atoms with E-state index >= 15 is 0 Å². The molecule has 1 N–H and O–H groups in total. The molecule has 27 heavy (non-hydrogen) atoms. The second-order valence-corrected chi connectivity index (χ2v) is 7.77. The van der Waals surface area contributed by atoms with E-state index in [1.807, 2.05) is 48.0 Å². The zero-order chi connectivity index (χ0) is 19.6. The highest BCUT2D eigenvalue weighted by Gasteiger charge is 2.16. The van der Waals surface area contributed by atoms with Gasteiger partial charge in [0.15, 0.2) is 5.72 Å². The summed E-state index contributed by atoms with van der Waals surface area (Å²) in [4.78, 5) is 5.15. The van der Waals surface area contributed by atoms with Crippen LogP contribution in [0.2, 0.25) is 0 Å². The summed E-state index contributed by atoms with van der Waals surface area (Å²) in [6, 6.07) is 5.93. The second-order valence-electron chi connectivity index (χ2n) is 6.76. The van der Waals surface area contributed by atoms with Crippen molar-refractivity contribution in [3.63, 3.8) is 0 Å². The van der Waals surface area contributed by atoms with Gasteiger partial charge in [-0.05, 0) is 56.2 Å². The van der Waals surface area contributed by atoms with Crippen molar-refractivity contribution in [2.24, 2.45) is 22.2 Å². The number of nitrogens with zero attached hydrogens (tertiary/aromatic N) is 4. The van der Waals surface area contributed by atoms with Crippen molar-refractivity contribution < 1.29 is 9.84 Å². The van der Waals surface area contributed by atoms with Crippen molar-refractivity contribution in [2.45, 2.75) is 32.9 Å². The Bertz CT molecular complexity index is 1050. The SMILES string of the molecule is CCC1=CC(=NC(C)(C)O)C(=NN=c2sc3cc(OC)ccc3n2C)C=C1. The largest absolute Gasteiger partial charge is 0.497 e. The van der Waals surface area contributed by atoms with Gasteiger partial charge in [-0.25, -0.2) is 4.99 Å². The minimum absolute atomic E-state index is 0.629. The summed E-state index contributed by atoms with van der Waals surface area (Å²) < 4.78 is 8.37. The Morgan fingerprint density at radius 3 is 2.63 bits per heavy atom. The van der Waals surface area contributed by atoms with Crippen LogP contribution in [0.3, 0.4) is 0 Å². The molecule has 0 fully saturated rings. The van der Waals surface area contributed by atoms with Crippen molar-refractivity contribution in [2.75, 3.05) is 7.11 Å². The number of ether oxygens (including phenoxy) is 1. The smallest absolute Gasteiger partial charge is 0.211 e. The molecule has 0 aliphatic heterocycles. The maximum Gasteiger partial charge on any atom is 0.211 e. The van der Waals surface area contributed by atoms with Crippen LogP contribution in [0.1, 0.15) is 27.2 Å². The number of rotatable bonds is 4. The second kappa shape index (κ2) is 7.62. The maximum atomic E-state index is 10.1. The first kappa shape index (κ1) is 19.3. The van der Waals surface area contributed by atoms with E-state index in [0.717, 1.165) is 32.8 Å². The fourth-order valence-electron chi connectivity index (χ4n) is 2.69. The molecule has 0 saturated heterocycles. The molecule has 2 aromatic rings. The van der Waals surface area contributed by atoms with Gasteiger partial charge in [0.25, 0.3) is 0 Å². The number of aliphatic imine (C=N–C) groups is 1. The fraction of sp³-hybridized carbons (Fsp3) is 0.350. The Balaban J connectivity index is 2.06. The third-order valence-electron chi connectivity index (χ3n) is 4.10. The third kappa shape index (κ3) is 4.43. The molecule has 3 rings (SSSR count). The van der Waals surface area contributed by atoms with Crippen LogP contribution in [-0.2, 0) is 7.05 Å². The van der Waals surface area contributed by atoms with E-state index in [9.17, 15) is 5.11 Å². The summed E-state index contributed by atoms with van der Waals surface area (Å²) in [5, 5.41) is 18.9. The van der Waals surface area contributed by atoms with Crippen LogP contribution in [0.4, 0.5) is 0 Å². The third-order valence-corrected chi connectivity index (χ3v) is 5.19. The molecule has 1 heterocycles. The summed E-state index contributed by atoms with van der Waals surface area (Å²) >= 11 is 1.54. The first-order valence-electron chi connectivity index (χ1n) is 8.77. The summed E-state index contributed by atoms with van der Waals surface area (Å²) in [7, 11) is 3.62. The number of aliphatic hydroxyl groups is 1. The summed E-state index contributed by atoms with van der Waals surface area (Å²) in [5.41, 5.74) is 2.30. The van der Waals surface area contributed by atoms with Crippen LogP contribution in [0.15, 0.2) is 57.2 Å². The van der Waals surface area contributed by atoms with Crippen molar-refractivity contribution in [3.8, 4) is 5.75 Å². The van der Waals surface area contributed by atoms with Crippen LogP contribution < -0.4 is 9.54 Å². The molecule has 0 spiro atoms. The van der Waals surface area contributed by atoms with Crippen LogP contribution in [0.25, 0.3) is 10.2 Å². The van der Waals surface area contributed by atoms with Crippen LogP contribution >= 0.6 is 11.3 Å².